The summed E-state index contributed by atoms with van der Waals surface area (Å²) in [5, 5.41) is 4.82. The van der Waals surface area contributed by atoms with Crippen molar-refractivity contribution >= 4 is 10.9 Å². The van der Waals surface area contributed by atoms with Gasteiger partial charge in [-0.15, -0.1) is 0 Å². The first kappa shape index (κ1) is 14.9. The van der Waals surface area contributed by atoms with Crippen LogP contribution in [0.15, 0.2) is 18.2 Å². The van der Waals surface area contributed by atoms with E-state index in [0.717, 1.165) is 25.3 Å². The second kappa shape index (κ2) is 6.31. The Morgan fingerprint density at radius 3 is 2.65 bits per heavy atom. The molecule has 0 radical (unpaired) electrons. The van der Waals surface area contributed by atoms with Crippen molar-refractivity contribution in [3.8, 4) is 5.75 Å². The molecular formula is C17H26N2O. The highest BCUT2D eigenvalue weighted by molar-refractivity contribution is 5.87. The zero-order valence-electron chi connectivity index (χ0n) is 13.3. The van der Waals surface area contributed by atoms with E-state index in [-0.39, 0.29) is 0 Å². The van der Waals surface area contributed by atoms with Gasteiger partial charge in [0.1, 0.15) is 5.75 Å². The molecule has 0 aliphatic rings. The number of nitrogens with zero attached hydrogens (tertiary/aromatic N) is 1. The van der Waals surface area contributed by atoms with Gasteiger partial charge in [0.25, 0.3) is 0 Å². The van der Waals surface area contributed by atoms with E-state index in [2.05, 4.69) is 49.7 Å². The van der Waals surface area contributed by atoms with Crippen molar-refractivity contribution in [1.29, 1.82) is 0 Å². The predicted molar refractivity (Wildman–Crippen MR) is 85.6 cm³/mol. The number of hydrogen-bond donors (Lipinski definition) is 1. The Balaban J connectivity index is 2.54. The number of methoxy groups -OCH3 is 1. The van der Waals surface area contributed by atoms with Crippen LogP contribution in [-0.4, -0.2) is 18.2 Å². The first-order valence-electron chi connectivity index (χ1n) is 7.48. The van der Waals surface area contributed by atoms with Crippen LogP contribution in [0.1, 0.15) is 44.5 Å². The minimum atomic E-state index is 0.464. The molecule has 0 aliphatic heterocycles. The Labute approximate surface area is 121 Å². The quantitative estimate of drug-likeness (QED) is 0.805. The summed E-state index contributed by atoms with van der Waals surface area (Å²) in [4.78, 5) is 0. The van der Waals surface area contributed by atoms with E-state index in [1.807, 2.05) is 6.07 Å². The van der Waals surface area contributed by atoms with Gasteiger partial charge in [0.05, 0.1) is 7.11 Å². The van der Waals surface area contributed by atoms with Gasteiger partial charge in [-0.3, -0.25) is 0 Å². The summed E-state index contributed by atoms with van der Waals surface area (Å²) in [6, 6.07) is 6.84. The molecule has 1 aromatic carbocycles. The number of benzene rings is 1. The van der Waals surface area contributed by atoms with Gasteiger partial charge in [-0.05, 0) is 57.5 Å². The molecule has 2 rings (SSSR count). The third-order valence-electron chi connectivity index (χ3n) is 3.83. The fourth-order valence-electron chi connectivity index (χ4n) is 2.89. The van der Waals surface area contributed by atoms with Crippen molar-refractivity contribution in [2.75, 3.05) is 13.7 Å². The number of hydrogen-bond acceptors (Lipinski definition) is 2. The van der Waals surface area contributed by atoms with Crippen LogP contribution in [0.2, 0.25) is 0 Å². The standard InChI is InChI=1S/C17H26N2O/c1-6-9-18-11-16-13(4)19(12(2)3)17-8-7-14(20-5)10-15(16)17/h7-8,10,12,18H,6,9,11H2,1-5H3. The lowest BCUT2D eigenvalue weighted by Crippen LogP contribution is -2.14. The van der Waals surface area contributed by atoms with E-state index in [0.29, 0.717) is 6.04 Å². The molecule has 20 heavy (non-hydrogen) atoms. The number of fused-ring (bicyclic) bond motifs is 1. The topological polar surface area (TPSA) is 26.2 Å². The molecule has 3 heteroatoms. The molecule has 0 saturated heterocycles. The maximum Gasteiger partial charge on any atom is 0.119 e. The lowest BCUT2D eigenvalue weighted by atomic mass is 10.1. The fraction of sp³-hybridized carbons (Fsp3) is 0.529. The Morgan fingerprint density at radius 2 is 2.05 bits per heavy atom. The van der Waals surface area contributed by atoms with Crippen LogP contribution in [-0.2, 0) is 6.54 Å². The van der Waals surface area contributed by atoms with Crippen LogP contribution in [0.3, 0.4) is 0 Å². The Bertz CT molecular complexity index is 584. The van der Waals surface area contributed by atoms with Crippen molar-refractivity contribution in [3.63, 3.8) is 0 Å². The van der Waals surface area contributed by atoms with Crippen molar-refractivity contribution in [3.05, 3.63) is 29.5 Å². The molecule has 0 fully saturated rings. The smallest absolute Gasteiger partial charge is 0.119 e. The average molecular weight is 274 g/mol. The SMILES string of the molecule is CCCNCc1c(C)n(C(C)C)c2ccc(OC)cc12. The molecule has 2 aromatic rings. The molecule has 0 unspecified atom stereocenters. The largest absolute Gasteiger partial charge is 0.497 e. The van der Waals surface area contributed by atoms with Gasteiger partial charge in [-0.25, -0.2) is 0 Å². The van der Waals surface area contributed by atoms with E-state index in [1.165, 1.54) is 22.2 Å². The molecule has 0 saturated carbocycles. The van der Waals surface area contributed by atoms with Gasteiger partial charge in [0.2, 0.25) is 0 Å². The summed E-state index contributed by atoms with van der Waals surface area (Å²) in [5.41, 5.74) is 4.04. The molecule has 110 valence electrons. The van der Waals surface area contributed by atoms with Gasteiger partial charge in [-0.1, -0.05) is 6.92 Å². The first-order valence-corrected chi connectivity index (χ1v) is 7.48. The highest BCUT2D eigenvalue weighted by atomic mass is 16.5. The van der Waals surface area contributed by atoms with E-state index in [4.69, 9.17) is 4.74 Å². The second-order valence-electron chi connectivity index (χ2n) is 5.59. The summed E-state index contributed by atoms with van der Waals surface area (Å²) >= 11 is 0. The molecule has 0 spiro atoms. The van der Waals surface area contributed by atoms with Gasteiger partial charge < -0.3 is 14.6 Å². The number of rotatable bonds is 6. The molecule has 0 bridgehead atoms. The second-order valence-corrected chi connectivity index (χ2v) is 5.59. The lowest BCUT2D eigenvalue weighted by Gasteiger charge is -2.13. The summed E-state index contributed by atoms with van der Waals surface area (Å²) in [6.07, 6.45) is 1.16. The molecule has 0 amide bonds. The zero-order chi connectivity index (χ0) is 14.7. The van der Waals surface area contributed by atoms with Crippen molar-refractivity contribution < 1.29 is 4.74 Å². The minimum absolute atomic E-state index is 0.464. The van der Waals surface area contributed by atoms with Gasteiger partial charge >= 0.3 is 0 Å². The van der Waals surface area contributed by atoms with E-state index in [1.54, 1.807) is 7.11 Å². The molecular weight excluding hydrogens is 248 g/mol. The summed E-state index contributed by atoms with van der Waals surface area (Å²) < 4.78 is 7.80. The summed E-state index contributed by atoms with van der Waals surface area (Å²) in [5.74, 6) is 0.926. The summed E-state index contributed by atoms with van der Waals surface area (Å²) in [7, 11) is 1.72. The fourth-order valence-corrected chi connectivity index (χ4v) is 2.89. The predicted octanol–water partition coefficient (Wildman–Crippen LogP) is 4.04. The monoisotopic (exact) mass is 274 g/mol. The number of ether oxygens (including phenoxy) is 1. The number of nitrogens with one attached hydrogen (secondary N) is 1. The van der Waals surface area contributed by atoms with Crippen molar-refractivity contribution in [1.82, 2.24) is 9.88 Å². The highest BCUT2D eigenvalue weighted by Crippen LogP contribution is 2.31. The van der Waals surface area contributed by atoms with Crippen LogP contribution in [0, 0.1) is 6.92 Å². The third kappa shape index (κ3) is 2.68. The van der Waals surface area contributed by atoms with Crippen LogP contribution < -0.4 is 10.1 Å². The molecule has 1 N–H and O–H groups in total. The lowest BCUT2D eigenvalue weighted by molar-refractivity contribution is 0.415. The number of aromatic nitrogens is 1. The van der Waals surface area contributed by atoms with Gasteiger partial charge in [0, 0.05) is 29.2 Å². The van der Waals surface area contributed by atoms with E-state index in [9.17, 15) is 0 Å². The van der Waals surface area contributed by atoms with Crippen LogP contribution >= 0.6 is 0 Å². The molecule has 3 nitrogen and oxygen atoms in total. The Morgan fingerprint density at radius 1 is 1.30 bits per heavy atom. The average Bonchev–Trinajstić information content (AvgIpc) is 2.71. The normalized spacial score (nSPS) is 11.5. The van der Waals surface area contributed by atoms with Crippen LogP contribution in [0.25, 0.3) is 10.9 Å². The van der Waals surface area contributed by atoms with Crippen molar-refractivity contribution in [2.45, 2.75) is 46.7 Å². The maximum atomic E-state index is 5.38. The Kier molecular flexibility index (Phi) is 4.71. The molecule has 1 heterocycles. The van der Waals surface area contributed by atoms with E-state index >= 15 is 0 Å². The third-order valence-corrected chi connectivity index (χ3v) is 3.83. The first-order chi connectivity index (χ1) is 9.60. The van der Waals surface area contributed by atoms with E-state index < -0.39 is 0 Å². The van der Waals surface area contributed by atoms with Gasteiger partial charge in [-0.2, -0.15) is 0 Å². The maximum absolute atomic E-state index is 5.38. The zero-order valence-corrected chi connectivity index (χ0v) is 13.3. The van der Waals surface area contributed by atoms with Crippen LogP contribution in [0.5, 0.6) is 5.75 Å². The summed E-state index contributed by atoms with van der Waals surface area (Å²) in [6.45, 7) is 10.9. The minimum Gasteiger partial charge on any atom is -0.497 e. The molecule has 0 atom stereocenters. The van der Waals surface area contributed by atoms with Crippen molar-refractivity contribution in [2.24, 2.45) is 0 Å². The van der Waals surface area contributed by atoms with Crippen LogP contribution in [0.4, 0.5) is 0 Å². The molecule has 1 aromatic heterocycles. The highest BCUT2D eigenvalue weighted by Gasteiger charge is 2.16. The van der Waals surface area contributed by atoms with Gasteiger partial charge in [0.15, 0.2) is 0 Å². The molecule has 0 aliphatic carbocycles. The Hall–Kier alpha value is -1.48.